The molecule has 3 aliphatic carbocycles. The zero-order valence-corrected chi connectivity index (χ0v) is 16.2. The highest BCUT2D eigenvalue weighted by molar-refractivity contribution is 5.40. The first kappa shape index (κ1) is 17.4. The van der Waals surface area contributed by atoms with E-state index in [-0.39, 0.29) is 0 Å². The van der Waals surface area contributed by atoms with Crippen LogP contribution in [0, 0.1) is 17.3 Å². The SMILES string of the molecule is CCCO[C@H]1CC[C@H]2[C@@H]3CCc4cc(OC)ccc4[C@H]3CC[C@]12CC. The molecule has 1 aromatic rings. The number of rotatable bonds is 5. The molecule has 0 bridgehead atoms. The van der Waals surface area contributed by atoms with Gasteiger partial charge in [-0.25, -0.2) is 0 Å². The van der Waals surface area contributed by atoms with Crippen LogP contribution >= 0.6 is 0 Å². The summed E-state index contributed by atoms with van der Waals surface area (Å²) in [6.07, 6.45) is 10.9. The topological polar surface area (TPSA) is 18.5 Å². The van der Waals surface area contributed by atoms with Crippen molar-refractivity contribution in [2.24, 2.45) is 17.3 Å². The number of hydrogen-bond donors (Lipinski definition) is 0. The summed E-state index contributed by atoms with van der Waals surface area (Å²) in [6, 6.07) is 6.82. The summed E-state index contributed by atoms with van der Waals surface area (Å²) in [5.74, 6) is 3.52. The van der Waals surface area contributed by atoms with Crippen LogP contribution in [0.1, 0.15) is 75.8 Å². The molecule has 0 unspecified atom stereocenters. The second-order valence-electron chi connectivity index (χ2n) is 8.54. The van der Waals surface area contributed by atoms with E-state index < -0.39 is 0 Å². The Kier molecular flexibility index (Phi) is 4.83. The Bertz CT molecular complexity index is 610. The Labute approximate surface area is 153 Å². The summed E-state index contributed by atoms with van der Waals surface area (Å²) in [7, 11) is 1.78. The van der Waals surface area contributed by atoms with E-state index in [4.69, 9.17) is 9.47 Å². The van der Waals surface area contributed by atoms with Crippen molar-refractivity contribution in [3.63, 3.8) is 0 Å². The van der Waals surface area contributed by atoms with Crippen LogP contribution in [0.15, 0.2) is 18.2 Å². The third-order valence-electron chi connectivity index (χ3n) is 7.75. The molecule has 2 saturated carbocycles. The molecule has 0 aliphatic heterocycles. The van der Waals surface area contributed by atoms with Gasteiger partial charge in [0, 0.05) is 6.61 Å². The van der Waals surface area contributed by atoms with Crippen molar-refractivity contribution in [2.75, 3.05) is 13.7 Å². The van der Waals surface area contributed by atoms with Crippen LogP contribution in [0.25, 0.3) is 0 Å². The minimum atomic E-state index is 0.459. The molecule has 0 spiro atoms. The third-order valence-corrected chi connectivity index (χ3v) is 7.75. The number of fused-ring (bicyclic) bond motifs is 5. The number of aryl methyl sites for hydroxylation is 1. The van der Waals surface area contributed by atoms with Gasteiger partial charge in [0.25, 0.3) is 0 Å². The molecule has 138 valence electrons. The Morgan fingerprint density at radius 2 is 2.00 bits per heavy atom. The first-order valence-corrected chi connectivity index (χ1v) is 10.5. The summed E-state index contributed by atoms with van der Waals surface area (Å²) in [5, 5.41) is 0. The summed E-state index contributed by atoms with van der Waals surface area (Å²) < 4.78 is 11.8. The van der Waals surface area contributed by atoms with E-state index in [2.05, 4.69) is 32.0 Å². The van der Waals surface area contributed by atoms with E-state index in [0.29, 0.717) is 11.5 Å². The van der Waals surface area contributed by atoms with E-state index >= 15 is 0 Å². The Morgan fingerprint density at radius 3 is 2.76 bits per heavy atom. The molecule has 5 atom stereocenters. The summed E-state index contributed by atoms with van der Waals surface area (Å²) in [6.45, 7) is 5.59. The Balaban J connectivity index is 1.61. The molecule has 2 fully saturated rings. The van der Waals surface area contributed by atoms with Crippen LogP contribution in [0.4, 0.5) is 0 Å². The molecular formula is C23H34O2. The molecule has 2 heteroatoms. The molecule has 25 heavy (non-hydrogen) atoms. The van der Waals surface area contributed by atoms with Gasteiger partial charge in [0.15, 0.2) is 0 Å². The molecule has 0 aromatic heterocycles. The molecule has 0 radical (unpaired) electrons. The molecule has 0 amide bonds. The predicted octanol–water partition coefficient (Wildman–Crippen LogP) is 5.74. The van der Waals surface area contributed by atoms with E-state index in [0.717, 1.165) is 36.5 Å². The average Bonchev–Trinajstić information content (AvgIpc) is 3.04. The molecule has 4 rings (SSSR count). The monoisotopic (exact) mass is 342 g/mol. The first-order valence-electron chi connectivity index (χ1n) is 10.5. The highest BCUT2D eigenvalue weighted by Crippen LogP contribution is 2.63. The van der Waals surface area contributed by atoms with Gasteiger partial charge < -0.3 is 9.47 Å². The standard InChI is InChI=1S/C23H34O2/c1-4-14-25-22-11-10-21-20-8-6-16-15-17(24-3)7-9-18(16)19(20)12-13-23(21,22)5-2/h7,9,15,19-22H,4-6,8,10-14H2,1-3H3/t19-,20-,21+,22+,23+/m1/s1. The van der Waals surface area contributed by atoms with E-state index in [1.54, 1.807) is 18.2 Å². The van der Waals surface area contributed by atoms with Gasteiger partial charge >= 0.3 is 0 Å². The van der Waals surface area contributed by atoms with Crippen LogP contribution < -0.4 is 4.74 Å². The largest absolute Gasteiger partial charge is 0.497 e. The van der Waals surface area contributed by atoms with Gasteiger partial charge in [-0.3, -0.25) is 0 Å². The van der Waals surface area contributed by atoms with E-state index in [1.165, 1.54) is 44.9 Å². The smallest absolute Gasteiger partial charge is 0.119 e. The third kappa shape index (κ3) is 2.72. The first-order chi connectivity index (χ1) is 12.2. The van der Waals surface area contributed by atoms with Crippen molar-refractivity contribution in [1.29, 1.82) is 0 Å². The zero-order chi connectivity index (χ0) is 17.4. The lowest BCUT2D eigenvalue weighted by molar-refractivity contribution is -0.0767. The van der Waals surface area contributed by atoms with Crippen LogP contribution in [-0.2, 0) is 11.2 Å². The Hall–Kier alpha value is -1.02. The van der Waals surface area contributed by atoms with Gasteiger partial charge in [-0.2, -0.15) is 0 Å². The number of methoxy groups -OCH3 is 1. The maximum absolute atomic E-state index is 6.38. The van der Waals surface area contributed by atoms with Crippen LogP contribution in [-0.4, -0.2) is 19.8 Å². The second kappa shape index (κ2) is 6.95. The normalized spacial score (nSPS) is 36.4. The fourth-order valence-electron chi connectivity index (χ4n) is 6.62. The second-order valence-corrected chi connectivity index (χ2v) is 8.54. The quantitative estimate of drug-likeness (QED) is 0.679. The minimum absolute atomic E-state index is 0.459. The minimum Gasteiger partial charge on any atom is -0.497 e. The molecule has 0 heterocycles. The number of benzene rings is 1. The van der Waals surface area contributed by atoms with Gasteiger partial charge in [0.05, 0.1) is 13.2 Å². The molecule has 0 saturated heterocycles. The van der Waals surface area contributed by atoms with Crippen LogP contribution in [0.5, 0.6) is 5.75 Å². The van der Waals surface area contributed by atoms with Crippen LogP contribution in [0.3, 0.4) is 0 Å². The zero-order valence-electron chi connectivity index (χ0n) is 16.2. The van der Waals surface area contributed by atoms with Crippen molar-refractivity contribution in [3.8, 4) is 5.75 Å². The van der Waals surface area contributed by atoms with Crippen LogP contribution in [0.2, 0.25) is 0 Å². The van der Waals surface area contributed by atoms with Crippen molar-refractivity contribution in [1.82, 2.24) is 0 Å². The van der Waals surface area contributed by atoms with E-state index in [9.17, 15) is 0 Å². The molecule has 0 N–H and O–H groups in total. The van der Waals surface area contributed by atoms with Gasteiger partial charge in [-0.1, -0.05) is 19.9 Å². The Morgan fingerprint density at radius 1 is 1.12 bits per heavy atom. The molecule has 2 nitrogen and oxygen atoms in total. The van der Waals surface area contributed by atoms with Gasteiger partial charge in [0.1, 0.15) is 5.75 Å². The summed E-state index contributed by atoms with van der Waals surface area (Å²) in [5.41, 5.74) is 3.63. The lowest BCUT2D eigenvalue weighted by Crippen LogP contribution is -2.46. The highest BCUT2D eigenvalue weighted by Gasteiger charge is 2.56. The van der Waals surface area contributed by atoms with Gasteiger partial charge in [-0.15, -0.1) is 0 Å². The average molecular weight is 343 g/mol. The molecule has 3 aliphatic rings. The van der Waals surface area contributed by atoms with Crippen molar-refractivity contribution in [2.45, 2.75) is 77.2 Å². The number of hydrogen-bond acceptors (Lipinski definition) is 2. The summed E-state index contributed by atoms with van der Waals surface area (Å²) >= 11 is 0. The van der Waals surface area contributed by atoms with E-state index in [1.807, 2.05) is 0 Å². The van der Waals surface area contributed by atoms with Gasteiger partial charge in [-0.05, 0) is 97.8 Å². The maximum Gasteiger partial charge on any atom is 0.119 e. The molecule has 1 aromatic carbocycles. The lowest BCUT2D eigenvalue weighted by Gasteiger charge is -2.52. The lowest BCUT2D eigenvalue weighted by atomic mass is 9.54. The highest BCUT2D eigenvalue weighted by atomic mass is 16.5. The van der Waals surface area contributed by atoms with Crippen molar-refractivity contribution in [3.05, 3.63) is 29.3 Å². The van der Waals surface area contributed by atoms with Crippen molar-refractivity contribution >= 4 is 0 Å². The fourth-order valence-corrected chi connectivity index (χ4v) is 6.62. The summed E-state index contributed by atoms with van der Waals surface area (Å²) in [4.78, 5) is 0. The fraction of sp³-hybridized carbons (Fsp3) is 0.739. The predicted molar refractivity (Wildman–Crippen MR) is 102 cm³/mol. The van der Waals surface area contributed by atoms with Crippen molar-refractivity contribution < 1.29 is 9.47 Å². The molecular weight excluding hydrogens is 308 g/mol. The van der Waals surface area contributed by atoms with Gasteiger partial charge in [0.2, 0.25) is 0 Å². The maximum atomic E-state index is 6.38. The number of ether oxygens (including phenoxy) is 2.